The van der Waals surface area contributed by atoms with Gasteiger partial charge < -0.3 is 9.67 Å². The highest BCUT2D eigenvalue weighted by Gasteiger charge is 2.21. The second-order valence-corrected chi connectivity index (χ2v) is 9.26. The van der Waals surface area contributed by atoms with Crippen LogP contribution >= 0.6 is 0 Å². The number of anilines is 1. The van der Waals surface area contributed by atoms with Gasteiger partial charge in [0.2, 0.25) is 0 Å². The molecule has 0 aliphatic carbocycles. The molecule has 1 heterocycles. The summed E-state index contributed by atoms with van der Waals surface area (Å²) in [6.45, 7) is 5.59. The van der Waals surface area contributed by atoms with Crippen LogP contribution in [0.4, 0.5) is 11.4 Å². The predicted octanol–water partition coefficient (Wildman–Crippen LogP) is 4.97. The van der Waals surface area contributed by atoms with Crippen LogP contribution in [0.1, 0.15) is 16.8 Å². The predicted molar refractivity (Wildman–Crippen MR) is 123 cm³/mol. The van der Waals surface area contributed by atoms with Crippen molar-refractivity contribution in [3.63, 3.8) is 0 Å². The maximum atomic E-state index is 12.9. The van der Waals surface area contributed by atoms with Gasteiger partial charge >= 0.3 is 0 Å². The lowest BCUT2D eigenvalue weighted by atomic mass is 10.1. The van der Waals surface area contributed by atoms with Gasteiger partial charge in [0.1, 0.15) is 5.75 Å². The van der Waals surface area contributed by atoms with E-state index in [1.807, 2.05) is 42.7 Å². The van der Waals surface area contributed by atoms with Crippen LogP contribution in [0.2, 0.25) is 0 Å². The topological polar surface area (TPSA) is 114 Å². The summed E-state index contributed by atoms with van der Waals surface area (Å²) >= 11 is 0. The summed E-state index contributed by atoms with van der Waals surface area (Å²) in [5.41, 5.74) is 3.73. The van der Waals surface area contributed by atoms with Crippen LogP contribution in [-0.4, -0.2) is 23.0 Å². The molecule has 9 heteroatoms. The van der Waals surface area contributed by atoms with E-state index in [2.05, 4.69) is 4.72 Å². The number of phenolic OH excluding ortho intramolecular Hbond substituents is 1. The first-order valence-electron chi connectivity index (χ1n) is 9.78. The lowest BCUT2D eigenvalue weighted by molar-refractivity contribution is -0.385. The summed E-state index contributed by atoms with van der Waals surface area (Å²) < 4.78 is 30.3. The van der Waals surface area contributed by atoms with Gasteiger partial charge in [-0.15, -0.1) is 0 Å². The molecule has 0 amide bonds. The van der Waals surface area contributed by atoms with Crippen molar-refractivity contribution >= 4 is 32.3 Å². The monoisotopic (exact) mass is 451 g/mol. The van der Waals surface area contributed by atoms with Crippen LogP contribution in [0, 0.1) is 30.9 Å². The molecular weight excluding hydrogens is 430 g/mol. The Morgan fingerprint density at radius 2 is 1.72 bits per heavy atom. The van der Waals surface area contributed by atoms with Gasteiger partial charge in [-0.3, -0.25) is 14.8 Å². The van der Waals surface area contributed by atoms with E-state index in [4.69, 9.17) is 0 Å². The van der Waals surface area contributed by atoms with Gasteiger partial charge in [-0.1, -0.05) is 24.3 Å². The molecule has 8 nitrogen and oxygen atoms in total. The Balaban J connectivity index is 1.84. The fraction of sp³-hybridized carbons (Fsp3) is 0.130. The number of nitro groups is 1. The number of aromatic hydroxyl groups is 1. The molecule has 4 aromatic rings. The number of aryl methyl sites for hydroxylation is 2. The quantitative estimate of drug-likeness (QED) is 0.253. The molecule has 0 aliphatic rings. The standard InChI is InChI=1S/C23H21N3O5S/c1-14-11-23(27)22(25-16(3)15(2)19-9-4-5-10-21(19)25)13-20(14)24-32(30,31)18-8-6-7-17(12-18)26(28)29/h4-13,24,27H,1-3H3. The summed E-state index contributed by atoms with van der Waals surface area (Å²) in [6.07, 6.45) is 0. The first-order chi connectivity index (χ1) is 15.1. The number of aromatic nitrogens is 1. The molecular formula is C23H21N3O5S. The lowest BCUT2D eigenvalue weighted by Gasteiger charge is -2.16. The van der Waals surface area contributed by atoms with Gasteiger partial charge in [-0.25, -0.2) is 8.42 Å². The van der Waals surface area contributed by atoms with E-state index < -0.39 is 14.9 Å². The van der Waals surface area contributed by atoms with Crippen LogP contribution in [0.15, 0.2) is 65.6 Å². The SMILES string of the molecule is Cc1cc(O)c(-n2c(C)c(C)c3ccccc32)cc1NS(=O)(=O)c1cccc([N+](=O)[O-])c1. The molecule has 0 radical (unpaired) electrons. The van der Waals surface area contributed by atoms with Gasteiger partial charge in [0.05, 0.1) is 26.7 Å². The van der Waals surface area contributed by atoms with Crippen molar-refractivity contribution in [2.24, 2.45) is 0 Å². The van der Waals surface area contributed by atoms with Gasteiger partial charge in [-0.2, -0.15) is 0 Å². The minimum atomic E-state index is -4.10. The number of rotatable bonds is 5. The second-order valence-electron chi connectivity index (χ2n) is 7.58. The van der Waals surface area contributed by atoms with Crippen molar-refractivity contribution in [3.05, 3.63) is 87.6 Å². The van der Waals surface area contributed by atoms with Crippen LogP contribution in [-0.2, 0) is 10.0 Å². The van der Waals surface area contributed by atoms with Crippen molar-refractivity contribution in [2.45, 2.75) is 25.7 Å². The van der Waals surface area contributed by atoms with E-state index in [1.54, 1.807) is 13.0 Å². The number of nitrogens with zero attached hydrogens (tertiary/aromatic N) is 2. The molecule has 0 bridgehead atoms. The Bertz CT molecular complexity index is 1490. The third kappa shape index (κ3) is 3.56. The zero-order valence-corrected chi connectivity index (χ0v) is 18.5. The van der Waals surface area contributed by atoms with Crippen LogP contribution in [0.25, 0.3) is 16.6 Å². The number of hydrogen-bond donors (Lipinski definition) is 2. The van der Waals surface area contributed by atoms with E-state index in [9.17, 15) is 23.6 Å². The van der Waals surface area contributed by atoms with Gasteiger partial charge in [0, 0.05) is 23.2 Å². The Labute approximate surface area is 184 Å². The molecule has 0 fully saturated rings. The largest absolute Gasteiger partial charge is 0.506 e. The smallest absolute Gasteiger partial charge is 0.270 e. The highest BCUT2D eigenvalue weighted by atomic mass is 32.2. The summed E-state index contributed by atoms with van der Waals surface area (Å²) in [6, 6.07) is 15.7. The molecule has 3 aromatic carbocycles. The highest BCUT2D eigenvalue weighted by Crippen LogP contribution is 2.36. The van der Waals surface area contributed by atoms with E-state index in [0.717, 1.165) is 28.2 Å². The minimum Gasteiger partial charge on any atom is -0.506 e. The number of nitrogens with one attached hydrogen (secondary N) is 1. The molecule has 0 spiro atoms. The number of phenols is 1. The molecule has 1 aromatic heterocycles. The lowest BCUT2D eigenvalue weighted by Crippen LogP contribution is -2.14. The number of nitro benzene ring substituents is 1. The Morgan fingerprint density at radius 1 is 1.00 bits per heavy atom. The first kappa shape index (κ1) is 21.4. The van der Waals surface area contributed by atoms with E-state index >= 15 is 0 Å². The van der Waals surface area contributed by atoms with E-state index in [-0.39, 0.29) is 22.0 Å². The third-order valence-electron chi connectivity index (χ3n) is 5.57. The van der Waals surface area contributed by atoms with E-state index in [1.165, 1.54) is 24.3 Å². The zero-order valence-electron chi connectivity index (χ0n) is 17.7. The Kier molecular flexibility index (Phi) is 5.14. The Morgan fingerprint density at radius 3 is 2.44 bits per heavy atom. The van der Waals surface area contributed by atoms with Crippen molar-refractivity contribution in [3.8, 4) is 11.4 Å². The van der Waals surface area contributed by atoms with Crippen molar-refractivity contribution < 1.29 is 18.4 Å². The molecule has 0 saturated heterocycles. The number of fused-ring (bicyclic) bond motifs is 1. The van der Waals surface area contributed by atoms with E-state index in [0.29, 0.717) is 11.3 Å². The van der Waals surface area contributed by atoms with Crippen molar-refractivity contribution in [1.29, 1.82) is 0 Å². The summed E-state index contributed by atoms with van der Waals surface area (Å²) in [4.78, 5) is 10.2. The number of non-ortho nitro benzene ring substituents is 1. The number of sulfonamides is 1. The number of benzene rings is 3. The van der Waals surface area contributed by atoms with Gasteiger partial charge in [0.15, 0.2) is 0 Å². The van der Waals surface area contributed by atoms with Crippen molar-refractivity contribution in [1.82, 2.24) is 4.57 Å². The molecule has 4 rings (SSSR count). The maximum Gasteiger partial charge on any atom is 0.270 e. The van der Waals surface area contributed by atoms with Gasteiger partial charge in [0.25, 0.3) is 15.7 Å². The molecule has 0 aliphatic heterocycles. The Hall–Kier alpha value is -3.85. The first-order valence-corrected chi connectivity index (χ1v) is 11.3. The third-order valence-corrected chi connectivity index (χ3v) is 6.94. The fourth-order valence-electron chi connectivity index (χ4n) is 3.78. The highest BCUT2D eigenvalue weighted by molar-refractivity contribution is 7.92. The molecule has 2 N–H and O–H groups in total. The molecule has 0 atom stereocenters. The number of hydrogen-bond acceptors (Lipinski definition) is 5. The minimum absolute atomic E-state index is 0.00431. The van der Waals surface area contributed by atoms with Crippen LogP contribution in [0.5, 0.6) is 5.75 Å². The molecule has 0 unspecified atom stereocenters. The summed E-state index contributed by atoms with van der Waals surface area (Å²) in [5.74, 6) is 0.00431. The van der Waals surface area contributed by atoms with Crippen LogP contribution in [0.3, 0.4) is 0 Å². The second kappa shape index (κ2) is 7.69. The summed E-state index contributed by atoms with van der Waals surface area (Å²) in [7, 11) is -4.10. The average Bonchev–Trinajstić information content (AvgIpc) is 3.01. The fourth-order valence-corrected chi connectivity index (χ4v) is 4.94. The molecule has 32 heavy (non-hydrogen) atoms. The summed E-state index contributed by atoms with van der Waals surface area (Å²) in [5, 5.41) is 22.8. The normalized spacial score (nSPS) is 11.6. The van der Waals surface area contributed by atoms with Crippen molar-refractivity contribution in [2.75, 3.05) is 4.72 Å². The van der Waals surface area contributed by atoms with Gasteiger partial charge in [-0.05, 0) is 56.2 Å². The average molecular weight is 452 g/mol. The molecule has 0 saturated carbocycles. The maximum absolute atomic E-state index is 12.9. The van der Waals surface area contributed by atoms with Crippen LogP contribution < -0.4 is 4.72 Å². The molecule has 164 valence electrons. The zero-order chi connectivity index (χ0) is 23.2. The number of para-hydroxylation sites is 1.